The van der Waals surface area contributed by atoms with Crippen LogP contribution >= 0.6 is 0 Å². The maximum absolute atomic E-state index is 10.5. The Hall–Kier alpha value is -2.96. The van der Waals surface area contributed by atoms with E-state index in [2.05, 4.69) is 0 Å². The van der Waals surface area contributed by atoms with Crippen LogP contribution in [0, 0.1) is 20.2 Å². The van der Waals surface area contributed by atoms with Gasteiger partial charge in [-0.05, 0) is 29.8 Å². The first kappa shape index (κ1) is 12.5. The summed E-state index contributed by atoms with van der Waals surface area (Å²) in [5.41, 5.74) is 0.732. The van der Waals surface area contributed by atoms with E-state index in [1.807, 2.05) is 0 Å². The van der Waals surface area contributed by atoms with Crippen LogP contribution < -0.4 is 0 Å². The molecule has 2 aromatic rings. The molecule has 0 bridgehead atoms. The first-order chi connectivity index (χ1) is 9.06. The minimum Gasteiger partial charge on any atom is -0.401 e. The topological polar surface area (TPSA) is 99.4 Å². The van der Waals surface area contributed by atoms with E-state index in [0.717, 1.165) is 5.56 Å². The van der Waals surface area contributed by atoms with Crippen molar-refractivity contribution in [3.05, 3.63) is 68.0 Å². The van der Waals surface area contributed by atoms with Crippen LogP contribution in [-0.2, 0) is 0 Å². The first-order valence-corrected chi connectivity index (χ1v) is 5.23. The molecule has 1 aromatic carbocycles. The highest BCUT2D eigenvalue weighted by atomic mass is 16.6. The van der Waals surface area contributed by atoms with Gasteiger partial charge >= 0.3 is 5.88 Å². The molecule has 1 heterocycles. The van der Waals surface area contributed by atoms with Crippen molar-refractivity contribution < 1.29 is 14.3 Å². The average molecular weight is 260 g/mol. The van der Waals surface area contributed by atoms with E-state index in [0.29, 0.717) is 5.76 Å². The molecule has 0 atom stereocenters. The monoisotopic (exact) mass is 260 g/mol. The SMILES string of the molecule is O=[N+]([O-])c1ccc(/C=C/c2ccc([N+](=O)[O-])o2)cc1. The molecule has 19 heavy (non-hydrogen) atoms. The fraction of sp³-hybridized carbons (Fsp3) is 0. The molecule has 0 spiro atoms. The highest BCUT2D eigenvalue weighted by Gasteiger charge is 2.09. The van der Waals surface area contributed by atoms with Gasteiger partial charge in [0, 0.05) is 12.1 Å². The Balaban J connectivity index is 2.13. The zero-order valence-corrected chi connectivity index (χ0v) is 9.55. The molecular formula is C12H8N2O5. The summed E-state index contributed by atoms with van der Waals surface area (Å²) >= 11 is 0. The van der Waals surface area contributed by atoms with Crippen LogP contribution in [-0.4, -0.2) is 9.85 Å². The predicted molar refractivity (Wildman–Crippen MR) is 67.4 cm³/mol. The molecule has 0 radical (unpaired) electrons. The van der Waals surface area contributed by atoms with Gasteiger partial charge in [-0.25, -0.2) is 0 Å². The van der Waals surface area contributed by atoms with Crippen molar-refractivity contribution in [3.63, 3.8) is 0 Å². The molecule has 7 heteroatoms. The molecule has 0 unspecified atom stereocenters. The number of hydrogen-bond acceptors (Lipinski definition) is 5. The van der Waals surface area contributed by atoms with Crippen LogP contribution in [0.1, 0.15) is 11.3 Å². The third-order valence-corrected chi connectivity index (χ3v) is 2.34. The zero-order chi connectivity index (χ0) is 13.8. The van der Waals surface area contributed by atoms with Gasteiger partial charge in [0.1, 0.15) is 10.7 Å². The summed E-state index contributed by atoms with van der Waals surface area (Å²) in [7, 11) is 0. The third-order valence-electron chi connectivity index (χ3n) is 2.34. The molecule has 0 fully saturated rings. The van der Waals surface area contributed by atoms with E-state index in [1.54, 1.807) is 24.3 Å². The van der Waals surface area contributed by atoms with Crippen molar-refractivity contribution in [2.45, 2.75) is 0 Å². The fourth-order valence-electron chi connectivity index (χ4n) is 1.42. The van der Waals surface area contributed by atoms with Crippen molar-refractivity contribution in [1.82, 2.24) is 0 Å². The van der Waals surface area contributed by atoms with Crippen molar-refractivity contribution in [1.29, 1.82) is 0 Å². The molecule has 0 saturated heterocycles. The van der Waals surface area contributed by atoms with Crippen LogP contribution in [0.2, 0.25) is 0 Å². The Morgan fingerprint density at radius 3 is 2.11 bits per heavy atom. The standard InChI is InChI=1S/C12H8N2O5/c15-13(16)10-4-1-9(2-5-10)3-6-11-7-8-12(19-11)14(17)18/h1-8H/b6-3+. The minimum absolute atomic E-state index is 0.00536. The Labute approximate surface area is 107 Å². The highest BCUT2D eigenvalue weighted by molar-refractivity contribution is 5.68. The predicted octanol–water partition coefficient (Wildman–Crippen LogP) is 3.27. The van der Waals surface area contributed by atoms with E-state index in [9.17, 15) is 20.2 Å². The number of non-ortho nitro benzene ring substituents is 1. The van der Waals surface area contributed by atoms with Crippen molar-refractivity contribution in [2.75, 3.05) is 0 Å². The molecular weight excluding hydrogens is 252 g/mol. The number of furan rings is 1. The fourth-order valence-corrected chi connectivity index (χ4v) is 1.42. The quantitative estimate of drug-likeness (QED) is 0.620. The van der Waals surface area contributed by atoms with Crippen LogP contribution in [0.25, 0.3) is 12.2 Å². The number of benzene rings is 1. The average Bonchev–Trinajstić information content (AvgIpc) is 2.86. The molecule has 96 valence electrons. The van der Waals surface area contributed by atoms with Gasteiger partial charge in [-0.15, -0.1) is 0 Å². The first-order valence-electron chi connectivity index (χ1n) is 5.23. The molecule has 0 saturated carbocycles. The van der Waals surface area contributed by atoms with Crippen LogP contribution in [0.15, 0.2) is 40.8 Å². The number of nitro groups is 2. The van der Waals surface area contributed by atoms with E-state index < -0.39 is 9.85 Å². The summed E-state index contributed by atoms with van der Waals surface area (Å²) in [6.07, 6.45) is 3.19. The second kappa shape index (κ2) is 5.13. The summed E-state index contributed by atoms with van der Waals surface area (Å²) in [6.45, 7) is 0. The van der Waals surface area contributed by atoms with Crippen molar-refractivity contribution in [3.8, 4) is 0 Å². The summed E-state index contributed by atoms with van der Waals surface area (Å²) in [5.74, 6) is 0.00778. The number of nitro benzene ring substituents is 1. The molecule has 1 aromatic heterocycles. The lowest BCUT2D eigenvalue weighted by Crippen LogP contribution is -1.86. The largest absolute Gasteiger partial charge is 0.433 e. The van der Waals surface area contributed by atoms with Gasteiger partial charge < -0.3 is 4.42 Å². The normalized spacial score (nSPS) is 10.7. The molecule has 0 aliphatic carbocycles. The zero-order valence-electron chi connectivity index (χ0n) is 9.55. The van der Waals surface area contributed by atoms with Crippen LogP contribution in [0.3, 0.4) is 0 Å². The summed E-state index contributed by atoms with van der Waals surface area (Å²) in [6, 6.07) is 8.64. The smallest absolute Gasteiger partial charge is 0.401 e. The maximum atomic E-state index is 10.5. The van der Waals surface area contributed by atoms with Gasteiger partial charge in [0.25, 0.3) is 5.69 Å². The van der Waals surface area contributed by atoms with Crippen LogP contribution in [0.4, 0.5) is 11.6 Å². The number of nitrogens with zero attached hydrogens (tertiary/aromatic N) is 2. The highest BCUT2D eigenvalue weighted by Crippen LogP contribution is 2.18. The second-order valence-corrected chi connectivity index (χ2v) is 3.62. The lowest BCUT2D eigenvalue weighted by Gasteiger charge is -1.93. The van der Waals surface area contributed by atoms with Gasteiger partial charge in [0.05, 0.1) is 11.0 Å². The second-order valence-electron chi connectivity index (χ2n) is 3.62. The lowest BCUT2D eigenvalue weighted by molar-refractivity contribution is -0.402. The van der Waals surface area contributed by atoms with Gasteiger partial charge in [-0.2, -0.15) is 0 Å². The summed E-state index contributed by atoms with van der Waals surface area (Å²) < 4.78 is 4.93. The van der Waals surface area contributed by atoms with Gasteiger partial charge in [0.2, 0.25) is 0 Å². The molecule has 0 aliphatic rings. The number of hydrogen-bond donors (Lipinski definition) is 0. The Bertz CT molecular complexity index is 642. The van der Waals surface area contributed by atoms with E-state index in [4.69, 9.17) is 4.42 Å². The number of rotatable bonds is 4. The summed E-state index contributed by atoms with van der Waals surface area (Å²) in [5, 5.41) is 20.9. The minimum atomic E-state index is -0.622. The molecule has 0 amide bonds. The molecule has 2 rings (SSSR count). The van der Waals surface area contributed by atoms with Crippen molar-refractivity contribution >= 4 is 23.7 Å². The Morgan fingerprint density at radius 1 is 0.895 bits per heavy atom. The van der Waals surface area contributed by atoms with Gasteiger partial charge in [-0.1, -0.05) is 6.08 Å². The maximum Gasteiger partial charge on any atom is 0.433 e. The van der Waals surface area contributed by atoms with Gasteiger partial charge in [-0.3, -0.25) is 20.2 Å². The van der Waals surface area contributed by atoms with Crippen LogP contribution in [0.5, 0.6) is 0 Å². The molecule has 0 N–H and O–H groups in total. The van der Waals surface area contributed by atoms with E-state index in [-0.39, 0.29) is 11.6 Å². The van der Waals surface area contributed by atoms with Crippen molar-refractivity contribution in [2.24, 2.45) is 0 Å². The van der Waals surface area contributed by atoms with Gasteiger partial charge in [0.15, 0.2) is 0 Å². The Morgan fingerprint density at radius 2 is 1.58 bits per heavy atom. The lowest BCUT2D eigenvalue weighted by atomic mass is 10.2. The Kier molecular flexibility index (Phi) is 3.37. The third kappa shape index (κ3) is 3.03. The molecule has 0 aliphatic heterocycles. The molecule has 7 nitrogen and oxygen atoms in total. The summed E-state index contributed by atoms with van der Waals surface area (Å²) in [4.78, 5) is 19.8. The van der Waals surface area contributed by atoms with E-state index >= 15 is 0 Å². The van der Waals surface area contributed by atoms with E-state index in [1.165, 1.54) is 24.3 Å².